The van der Waals surface area contributed by atoms with Crippen molar-refractivity contribution >= 4 is 37.4 Å². The molecular formula is C14H15BrN2O3S. The molecule has 2 aromatic rings. The number of carbonyl (C=O) groups is 1. The number of nitrogens with one attached hydrogen (secondary N) is 1. The number of anilines is 1. The van der Waals surface area contributed by atoms with Gasteiger partial charge in [0.25, 0.3) is 5.91 Å². The molecule has 0 saturated carbocycles. The number of benzene rings is 1. The summed E-state index contributed by atoms with van der Waals surface area (Å²) in [6, 6.07) is 7.87. The van der Waals surface area contributed by atoms with E-state index in [9.17, 15) is 13.2 Å². The zero-order valence-corrected chi connectivity index (χ0v) is 14.0. The van der Waals surface area contributed by atoms with Gasteiger partial charge in [0.1, 0.15) is 5.69 Å². The summed E-state index contributed by atoms with van der Waals surface area (Å²) >= 11 is 3.31. The molecule has 0 aliphatic rings. The summed E-state index contributed by atoms with van der Waals surface area (Å²) in [7, 11) is -1.45. The molecule has 1 aromatic carbocycles. The van der Waals surface area contributed by atoms with Crippen LogP contribution in [0.4, 0.5) is 5.69 Å². The molecule has 21 heavy (non-hydrogen) atoms. The molecule has 5 nitrogen and oxygen atoms in total. The van der Waals surface area contributed by atoms with Crippen molar-refractivity contribution in [3.63, 3.8) is 0 Å². The molecule has 1 N–H and O–H groups in total. The quantitative estimate of drug-likeness (QED) is 0.899. The van der Waals surface area contributed by atoms with Gasteiger partial charge in [-0.25, -0.2) is 8.42 Å². The van der Waals surface area contributed by atoms with Gasteiger partial charge in [-0.3, -0.25) is 4.79 Å². The number of rotatable bonds is 4. The highest BCUT2D eigenvalue weighted by Gasteiger charge is 2.13. The Morgan fingerprint density at radius 1 is 1.29 bits per heavy atom. The molecule has 0 radical (unpaired) electrons. The van der Waals surface area contributed by atoms with Crippen LogP contribution in [-0.2, 0) is 16.9 Å². The van der Waals surface area contributed by atoms with E-state index in [4.69, 9.17) is 0 Å². The van der Waals surface area contributed by atoms with Gasteiger partial charge in [0.15, 0.2) is 9.84 Å². The Morgan fingerprint density at radius 2 is 1.90 bits per heavy atom. The van der Waals surface area contributed by atoms with Crippen molar-refractivity contribution in [2.75, 3.05) is 11.1 Å². The van der Waals surface area contributed by atoms with E-state index < -0.39 is 9.84 Å². The Kier molecular flexibility index (Phi) is 4.53. The summed E-state index contributed by atoms with van der Waals surface area (Å²) in [5, 5.41) is 2.73. The lowest BCUT2D eigenvalue weighted by Gasteiger charge is -2.07. The Morgan fingerprint density at radius 3 is 2.38 bits per heavy atom. The smallest absolute Gasteiger partial charge is 0.272 e. The Balaban J connectivity index is 2.18. The highest BCUT2D eigenvalue weighted by Crippen LogP contribution is 2.18. The molecular weight excluding hydrogens is 356 g/mol. The zero-order valence-electron chi connectivity index (χ0n) is 11.6. The van der Waals surface area contributed by atoms with Crippen molar-refractivity contribution in [1.82, 2.24) is 4.57 Å². The molecule has 0 aliphatic carbocycles. The zero-order chi connectivity index (χ0) is 15.6. The van der Waals surface area contributed by atoms with Gasteiger partial charge in [0, 0.05) is 23.4 Å². The molecule has 0 saturated heterocycles. The van der Waals surface area contributed by atoms with Gasteiger partial charge >= 0.3 is 0 Å². The second kappa shape index (κ2) is 6.03. The monoisotopic (exact) mass is 370 g/mol. The van der Waals surface area contributed by atoms with Crippen LogP contribution >= 0.6 is 15.9 Å². The third kappa shape index (κ3) is 3.54. The molecule has 0 spiro atoms. The number of carbonyl (C=O) groups excluding carboxylic acids is 1. The minimum Gasteiger partial charge on any atom is -0.345 e. The SMILES string of the molecule is CCS(=O)(=O)c1ccc(NC(=O)c2cc(Br)cn2C)cc1. The van der Waals surface area contributed by atoms with Crippen LogP contribution in [0.1, 0.15) is 17.4 Å². The highest BCUT2D eigenvalue weighted by atomic mass is 79.9. The van der Waals surface area contributed by atoms with Gasteiger partial charge in [-0.15, -0.1) is 0 Å². The summed E-state index contributed by atoms with van der Waals surface area (Å²) in [5.74, 6) is -0.204. The van der Waals surface area contributed by atoms with E-state index in [1.54, 1.807) is 42.9 Å². The molecule has 1 amide bonds. The maximum atomic E-state index is 12.1. The van der Waals surface area contributed by atoms with Crippen LogP contribution in [0.15, 0.2) is 45.9 Å². The number of aromatic nitrogens is 1. The van der Waals surface area contributed by atoms with Crippen molar-refractivity contribution in [2.45, 2.75) is 11.8 Å². The van der Waals surface area contributed by atoms with Crippen LogP contribution in [0.5, 0.6) is 0 Å². The lowest BCUT2D eigenvalue weighted by Crippen LogP contribution is -2.15. The molecule has 1 aromatic heterocycles. The molecule has 0 bridgehead atoms. The summed E-state index contributed by atoms with van der Waals surface area (Å²) < 4.78 is 25.9. The number of halogens is 1. The predicted molar refractivity (Wildman–Crippen MR) is 85.2 cm³/mol. The van der Waals surface area contributed by atoms with E-state index in [2.05, 4.69) is 21.2 Å². The second-order valence-electron chi connectivity index (χ2n) is 4.54. The first-order valence-electron chi connectivity index (χ1n) is 6.29. The normalized spacial score (nSPS) is 11.4. The van der Waals surface area contributed by atoms with Gasteiger partial charge in [-0.2, -0.15) is 0 Å². The van der Waals surface area contributed by atoms with Crippen LogP contribution in [-0.4, -0.2) is 24.6 Å². The maximum Gasteiger partial charge on any atom is 0.272 e. The van der Waals surface area contributed by atoms with Crippen molar-refractivity contribution < 1.29 is 13.2 Å². The van der Waals surface area contributed by atoms with E-state index in [0.717, 1.165) is 4.47 Å². The highest BCUT2D eigenvalue weighted by molar-refractivity contribution is 9.10. The van der Waals surface area contributed by atoms with Gasteiger partial charge in [0.2, 0.25) is 0 Å². The molecule has 0 atom stereocenters. The van der Waals surface area contributed by atoms with Crippen LogP contribution < -0.4 is 5.32 Å². The number of hydrogen-bond acceptors (Lipinski definition) is 3. The maximum absolute atomic E-state index is 12.1. The van der Waals surface area contributed by atoms with Gasteiger partial charge in [0.05, 0.1) is 10.6 Å². The minimum absolute atomic E-state index is 0.0517. The van der Waals surface area contributed by atoms with Crippen molar-refractivity contribution in [2.24, 2.45) is 7.05 Å². The van der Waals surface area contributed by atoms with E-state index in [1.165, 1.54) is 12.1 Å². The van der Waals surface area contributed by atoms with Gasteiger partial charge in [-0.1, -0.05) is 6.92 Å². The topological polar surface area (TPSA) is 68.2 Å². The average Bonchev–Trinajstić information content (AvgIpc) is 2.78. The predicted octanol–water partition coefficient (Wildman–Crippen LogP) is 2.83. The number of amides is 1. The lowest BCUT2D eigenvalue weighted by molar-refractivity contribution is 0.101. The Labute approximate surface area is 132 Å². The average molecular weight is 371 g/mol. The van der Waals surface area contributed by atoms with Gasteiger partial charge < -0.3 is 9.88 Å². The molecule has 0 fully saturated rings. The number of sulfone groups is 1. The van der Waals surface area contributed by atoms with E-state index >= 15 is 0 Å². The Bertz CT molecular complexity index is 764. The fraction of sp³-hybridized carbons (Fsp3) is 0.214. The van der Waals surface area contributed by atoms with Crippen LogP contribution in [0, 0.1) is 0 Å². The first-order chi connectivity index (χ1) is 9.83. The van der Waals surface area contributed by atoms with E-state index in [0.29, 0.717) is 11.4 Å². The summed E-state index contributed by atoms with van der Waals surface area (Å²) in [5.41, 5.74) is 1.06. The summed E-state index contributed by atoms with van der Waals surface area (Å²) in [6.07, 6.45) is 1.78. The standard InChI is InChI=1S/C14H15BrN2O3S/c1-3-21(19,20)12-6-4-11(5-7-12)16-14(18)13-8-10(15)9-17(13)2/h4-9H,3H2,1-2H3,(H,16,18). The van der Waals surface area contributed by atoms with Crippen molar-refractivity contribution in [3.05, 3.63) is 46.7 Å². The van der Waals surface area contributed by atoms with E-state index in [-0.39, 0.29) is 16.6 Å². The van der Waals surface area contributed by atoms with Crippen LogP contribution in [0.3, 0.4) is 0 Å². The van der Waals surface area contributed by atoms with Crippen LogP contribution in [0.25, 0.3) is 0 Å². The molecule has 1 heterocycles. The third-order valence-electron chi connectivity index (χ3n) is 3.06. The molecule has 0 unspecified atom stereocenters. The molecule has 7 heteroatoms. The summed E-state index contributed by atoms with van der Waals surface area (Å²) in [6.45, 7) is 1.60. The van der Waals surface area contributed by atoms with Gasteiger partial charge in [-0.05, 0) is 46.3 Å². The minimum atomic E-state index is -3.22. The number of nitrogens with zero attached hydrogens (tertiary/aromatic N) is 1. The second-order valence-corrected chi connectivity index (χ2v) is 7.73. The van der Waals surface area contributed by atoms with Crippen LogP contribution in [0.2, 0.25) is 0 Å². The first kappa shape index (κ1) is 15.8. The lowest BCUT2D eigenvalue weighted by atomic mass is 10.3. The summed E-state index contributed by atoms with van der Waals surface area (Å²) in [4.78, 5) is 12.4. The first-order valence-corrected chi connectivity index (χ1v) is 8.74. The van der Waals surface area contributed by atoms with Crippen molar-refractivity contribution in [1.29, 1.82) is 0 Å². The molecule has 112 valence electrons. The fourth-order valence-corrected chi connectivity index (χ4v) is 3.27. The third-order valence-corrected chi connectivity index (χ3v) is 5.24. The number of aryl methyl sites for hydroxylation is 1. The molecule has 0 aliphatic heterocycles. The van der Waals surface area contributed by atoms with E-state index in [1.807, 2.05) is 0 Å². The fourth-order valence-electron chi connectivity index (χ4n) is 1.86. The molecule has 2 rings (SSSR count). The largest absolute Gasteiger partial charge is 0.345 e. The Hall–Kier alpha value is -1.60. The number of hydrogen-bond donors (Lipinski definition) is 1. The van der Waals surface area contributed by atoms with Crippen molar-refractivity contribution in [3.8, 4) is 0 Å².